The average Bonchev–Trinajstić information content (AvgIpc) is 2.93. The Bertz CT molecular complexity index is 472. The van der Waals surface area contributed by atoms with Crippen LogP contribution in [0.2, 0.25) is 0 Å². The van der Waals surface area contributed by atoms with Crippen molar-refractivity contribution < 1.29 is 9.59 Å². The third-order valence-electron chi connectivity index (χ3n) is 8.47. The zero-order chi connectivity index (χ0) is 27.8. The molecule has 1 atom stereocenters. The Morgan fingerprint density at radius 3 is 0.974 bits per heavy atom. The molecular formula is C36H70O2. The number of carbonyl (C=O) groups is 2. The molecular weight excluding hydrogens is 464 g/mol. The van der Waals surface area contributed by atoms with Crippen LogP contribution >= 0.6 is 0 Å². The maximum Gasteiger partial charge on any atom is 0.143 e. The van der Waals surface area contributed by atoms with Gasteiger partial charge >= 0.3 is 0 Å². The van der Waals surface area contributed by atoms with Gasteiger partial charge in [0.15, 0.2) is 0 Å². The highest BCUT2D eigenvalue weighted by molar-refractivity contribution is 5.93. The number of ketones is 1. The standard InChI is InChI=1S/C36H70O2/c1-3-5-7-9-11-13-15-17-19-21-23-25-27-29-31-33-36(38)35(34-37)32-30-28-26-24-22-20-18-16-14-12-10-8-6-4-2/h34-35H,3-33H2,1-2H3. The molecule has 0 aromatic rings. The van der Waals surface area contributed by atoms with Crippen LogP contribution in [0.4, 0.5) is 0 Å². The molecule has 38 heavy (non-hydrogen) atoms. The Labute approximate surface area is 240 Å². The van der Waals surface area contributed by atoms with Crippen molar-refractivity contribution in [1.82, 2.24) is 0 Å². The van der Waals surface area contributed by atoms with E-state index in [1.54, 1.807) is 0 Å². The van der Waals surface area contributed by atoms with E-state index in [-0.39, 0.29) is 11.7 Å². The minimum atomic E-state index is -0.334. The van der Waals surface area contributed by atoms with Crippen LogP contribution in [-0.4, -0.2) is 12.1 Å². The molecule has 0 spiro atoms. The van der Waals surface area contributed by atoms with E-state index in [9.17, 15) is 9.59 Å². The fourth-order valence-corrected chi connectivity index (χ4v) is 5.72. The summed E-state index contributed by atoms with van der Waals surface area (Å²) in [6.07, 6.45) is 41.2. The monoisotopic (exact) mass is 535 g/mol. The van der Waals surface area contributed by atoms with E-state index < -0.39 is 0 Å². The number of aldehydes is 1. The lowest BCUT2D eigenvalue weighted by Gasteiger charge is -2.09. The summed E-state index contributed by atoms with van der Waals surface area (Å²) in [5.41, 5.74) is 0. The van der Waals surface area contributed by atoms with E-state index in [1.165, 1.54) is 167 Å². The van der Waals surface area contributed by atoms with E-state index in [0.717, 1.165) is 32.0 Å². The molecule has 0 bridgehead atoms. The van der Waals surface area contributed by atoms with E-state index in [2.05, 4.69) is 13.8 Å². The molecule has 0 amide bonds. The first-order valence-corrected chi connectivity index (χ1v) is 17.7. The smallest absolute Gasteiger partial charge is 0.143 e. The molecule has 0 aromatic heterocycles. The van der Waals surface area contributed by atoms with Crippen LogP contribution in [0.1, 0.15) is 213 Å². The summed E-state index contributed by atoms with van der Waals surface area (Å²) < 4.78 is 0. The molecule has 0 radical (unpaired) electrons. The van der Waals surface area contributed by atoms with Gasteiger partial charge in [-0.3, -0.25) is 4.79 Å². The second-order valence-corrected chi connectivity index (χ2v) is 12.3. The molecule has 0 aromatic carbocycles. The zero-order valence-electron chi connectivity index (χ0n) is 26.4. The molecule has 0 rings (SSSR count). The van der Waals surface area contributed by atoms with Crippen LogP contribution in [0.15, 0.2) is 0 Å². The third kappa shape index (κ3) is 28.4. The summed E-state index contributed by atoms with van der Waals surface area (Å²) in [4.78, 5) is 23.9. The Kier molecular flexibility index (Phi) is 32.0. The van der Waals surface area contributed by atoms with E-state index >= 15 is 0 Å². The van der Waals surface area contributed by atoms with Gasteiger partial charge in [-0.1, -0.05) is 194 Å². The molecule has 0 N–H and O–H groups in total. The second kappa shape index (κ2) is 32.6. The molecule has 0 aliphatic rings. The molecule has 0 fully saturated rings. The highest BCUT2D eigenvalue weighted by Gasteiger charge is 2.16. The first kappa shape index (κ1) is 37.3. The predicted octanol–water partition coefficient (Wildman–Crippen LogP) is 12.5. The Morgan fingerprint density at radius 1 is 0.421 bits per heavy atom. The van der Waals surface area contributed by atoms with Gasteiger partial charge in [0, 0.05) is 6.42 Å². The van der Waals surface area contributed by atoms with Crippen molar-refractivity contribution in [3.63, 3.8) is 0 Å². The fraction of sp³-hybridized carbons (Fsp3) is 0.944. The quantitative estimate of drug-likeness (QED) is 0.0476. The fourth-order valence-electron chi connectivity index (χ4n) is 5.72. The number of rotatable bonds is 33. The molecule has 2 heteroatoms. The summed E-state index contributed by atoms with van der Waals surface area (Å²) in [6, 6.07) is 0. The topological polar surface area (TPSA) is 34.1 Å². The maximum atomic E-state index is 12.4. The van der Waals surface area contributed by atoms with Crippen LogP contribution < -0.4 is 0 Å². The summed E-state index contributed by atoms with van der Waals surface area (Å²) >= 11 is 0. The summed E-state index contributed by atoms with van der Waals surface area (Å²) in [6.45, 7) is 4.56. The van der Waals surface area contributed by atoms with Crippen LogP contribution in [0.3, 0.4) is 0 Å². The maximum absolute atomic E-state index is 12.4. The van der Waals surface area contributed by atoms with Gasteiger partial charge in [-0.05, 0) is 12.8 Å². The van der Waals surface area contributed by atoms with Crippen molar-refractivity contribution in [2.45, 2.75) is 213 Å². The van der Waals surface area contributed by atoms with Crippen molar-refractivity contribution in [3.05, 3.63) is 0 Å². The first-order valence-electron chi connectivity index (χ1n) is 17.7. The number of carbonyl (C=O) groups excluding carboxylic acids is 2. The third-order valence-corrected chi connectivity index (χ3v) is 8.47. The highest BCUT2D eigenvalue weighted by atomic mass is 16.1. The van der Waals surface area contributed by atoms with Crippen LogP contribution in [0, 0.1) is 5.92 Å². The molecule has 0 saturated carbocycles. The molecule has 0 heterocycles. The van der Waals surface area contributed by atoms with Crippen molar-refractivity contribution in [2.24, 2.45) is 5.92 Å². The van der Waals surface area contributed by atoms with Crippen molar-refractivity contribution in [1.29, 1.82) is 0 Å². The average molecular weight is 535 g/mol. The molecule has 226 valence electrons. The number of hydrogen-bond donors (Lipinski definition) is 0. The molecule has 0 aliphatic carbocycles. The van der Waals surface area contributed by atoms with Gasteiger partial charge in [0.2, 0.25) is 0 Å². The first-order chi connectivity index (χ1) is 18.8. The van der Waals surface area contributed by atoms with Gasteiger partial charge < -0.3 is 4.79 Å². The molecule has 0 saturated heterocycles. The lowest BCUT2D eigenvalue weighted by atomic mass is 9.94. The van der Waals surface area contributed by atoms with Crippen molar-refractivity contribution in [3.8, 4) is 0 Å². The summed E-state index contributed by atoms with van der Waals surface area (Å²) in [7, 11) is 0. The Morgan fingerprint density at radius 2 is 0.684 bits per heavy atom. The minimum absolute atomic E-state index is 0.199. The lowest BCUT2D eigenvalue weighted by molar-refractivity contribution is -0.127. The molecule has 0 aliphatic heterocycles. The van der Waals surface area contributed by atoms with Crippen LogP contribution in [0.5, 0.6) is 0 Å². The van der Waals surface area contributed by atoms with Gasteiger partial charge in [-0.15, -0.1) is 0 Å². The van der Waals surface area contributed by atoms with Gasteiger partial charge in [0.25, 0.3) is 0 Å². The van der Waals surface area contributed by atoms with Crippen molar-refractivity contribution in [2.75, 3.05) is 0 Å². The van der Waals surface area contributed by atoms with Gasteiger partial charge in [0.1, 0.15) is 12.1 Å². The number of hydrogen-bond acceptors (Lipinski definition) is 2. The minimum Gasteiger partial charge on any atom is -0.303 e. The lowest BCUT2D eigenvalue weighted by Crippen LogP contribution is -2.15. The van der Waals surface area contributed by atoms with Crippen LogP contribution in [0.25, 0.3) is 0 Å². The van der Waals surface area contributed by atoms with Gasteiger partial charge in [0.05, 0.1) is 5.92 Å². The largest absolute Gasteiger partial charge is 0.303 e. The number of Topliss-reactive ketones (excluding diaryl/α,β-unsaturated/α-hetero) is 1. The highest BCUT2D eigenvalue weighted by Crippen LogP contribution is 2.18. The molecule has 1 unspecified atom stereocenters. The van der Waals surface area contributed by atoms with Gasteiger partial charge in [-0.2, -0.15) is 0 Å². The SMILES string of the molecule is CCCCCCCCCCCCCCCCCC(=O)C(C=O)CCCCCCCCCCCCCCCC. The van der Waals surface area contributed by atoms with E-state index in [0.29, 0.717) is 6.42 Å². The summed E-state index contributed by atoms with van der Waals surface area (Å²) in [5.74, 6) is -0.136. The number of unbranched alkanes of at least 4 members (excludes halogenated alkanes) is 27. The Balaban J connectivity index is 3.40. The second-order valence-electron chi connectivity index (χ2n) is 12.3. The van der Waals surface area contributed by atoms with E-state index in [1.807, 2.05) is 0 Å². The molecule has 2 nitrogen and oxygen atoms in total. The predicted molar refractivity (Wildman–Crippen MR) is 169 cm³/mol. The van der Waals surface area contributed by atoms with Crippen molar-refractivity contribution >= 4 is 12.1 Å². The normalized spacial score (nSPS) is 12.2. The summed E-state index contributed by atoms with van der Waals surface area (Å²) in [5, 5.41) is 0. The Hall–Kier alpha value is -0.660. The van der Waals surface area contributed by atoms with Crippen LogP contribution in [-0.2, 0) is 9.59 Å². The van der Waals surface area contributed by atoms with E-state index in [4.69, 9.17) is 0 Å². The zero-order valence-corrected chi connectivity index (χ0v) is 26.4. The van der Waals surface area contributed by atoms with Gasteiger partial charge in [-0.25, -0.2) is 0 Å².